The van der Waals surface area contributed by atoms with E-state index in [1.165, 1.54) is 22.9 Å². The van der Waals surface area contributed by atoms with Gasteiger partial charge in [0.2, 0.25) is 5.91 Å². The summed E-state index contributed by atoms with van der Waals surface area (Å²) in [6.07, 6.45) is 1.69. The first-order valence-corrected chi connectivity index (χ1v) is 10.8. The van der Waals surface area contributed by atoms with Crippen LogP contribution in [0.2, 0.25) is 0 Å². The molecule has 1 fully saturated rings. The molecule has 0 atom stereocenters. The predicted molar refractivity (Wildman–Crippen MR) is 115 cm³/mol. The number of piperazine rings is 1. The van der Waals surface area contributed by atoms with Crippen molar-refractivity contribution in [2.24, 2.45) is 0 Å². The smallest absolute Gasteiger partial charge is 0.233 e. The molecular formula is C22H25N5OS. The summed E-state index contributed by atoms with van der Waals surface area (Å²) in [6.45, 7) is 6.43. The summed E-state index contributed by atoms with van der Waals surface area (Å²) in [5.41, 5.74) is 3.62. The molecule has 2 aromatic carbocycles. The van der Waals surface area contributed by atoms with Gasteiger partial charge in [-0.05, 0) is 24.6 Å². The van der Waals surface area contributed by atoms with Gasteiger partial charge in [-0.1, -0.05) is 59.8 Å². The topological polar surface area (TPSA) is 54.3 Å². The fraction of sp³-hybridized carbons (Fsp3) is 0.318. The molecule has 1 aliphatic heterocycles. The zero-order chi connectivity index (χ0) is 20.1. The standard InChI is InChI=1S/C22H25N5OS/c1-18-6-5-7-19(14-18)15-25-10-12-26(13-11-25)21(28)16-29-22-24-23-17-27(22)20-8-3-2-4-9-20/h2-9,14,17H,10-13,15-16H2,1H3. The van der Waals surface area contributed by atoms with Gasteiger partial charge < -0.3 is 4.90 Å². The summed E-state index contributed by atoms with van der Waals surface area (Å²) >= 11 is 1.44. The highest BCUT2D eigenvalue weighted by molar-refractivity contribution is 7.99. The van der Waals surface area contributed by atoms with Crippen LogP contribution in [0.25, 0.3) is 5.69 Å². The maximum atomic E-state index is 12.7. The van der Waals surface area contributed by atoms with Gasteiger partial charge in [0, 0.05) is 38.4 Å². The van der Waals surface area contributed by atoms with Crippen molar-refractivity contribution in [3.05, 3.63) is 72.1 Å². The Balaban J connectivity index is 1.27. The molecule has 0 radical (unpaired) electrons. The molecule has 0 spiro atoms. The predicted octanol–water partition coefficient (Wildman–Crippen LogP) is 3.01. The van der Waals surface area contributed by atoms with Crippen LogP contribution in [0.15, 0.2) is 66.1 Å². The first kappa shape index (κ1) is 19.7. The Kier molecular flexibility index (Phi) is 6.27. The number of amides is 1. The van der Waals surface area contributed by atoms with E-state index in [1.807, 2.05) is 39.8 Å². The number of nitrogens with zero attached hydrogens (tertiary/aromatic N) is 5. The van der Waals surface area contributed by atoms with Crippen molar-refractivity contribution in [3.8, 4) is 5.69 Å². The number of hydrogen-bond donors (Lipinski definition) is 0. The largest absolute Gasteiger partial charge is 0.339 e. The monoisotopic (exact) mass is 407 g/mol. The third-order valence-electron chi connectivity index (χ3n) is 5.09. The van der Waals surface area contributed by atoms with Crippen molar-refractivity contribution < 1.29 is 4.79 Å². The highest BCUT2D eigenvalue weighted by atomic mass is 32.2. The summed E-state index contributed by atoms with van der Waals surface area (Å²) in [6, 6.07) is 18.6. The number of rotatable bonds is 6. The van der Waals surface area contributed by atoms with Crippen LogP contribution >= 0.6 is 11.8 Å². The van der Waals surface area contributed by atoms with E-state index in [0.29, 0.717) is 5.75 Å². The van der Waals surface area contributed by atoms with Crippen molar-refractivity contribution in [2.75, 3.05) is 31.9 Å². The number of thioether (sulfide) groups is 1. The van der Waals surface area contributed by atoms with Crippen LogP contribution in [0.1, 0.15) is 11.1 Å². The second kappa shape index (κ2) is 9.24. The average molecular weight is 408 g/mol. The van der Waals surface area contributed by atoms with Crippen molar-refractivity contribution >= 4 is 17.7 Å². The first-order valence-electron chi connectivity index (χ1n) is 9.83. The summed E-state index contributed by atoms with van der Waals surface area (Å²) in [5, 5.41) is 8.92. The molecule has 1 aliphatic rings. The van der Waals surface area contributed by atoms with Crippen LogP contribution in [0.5, 0.6) is 0 Å². The van der Waals surface area contributed by atoms with Crippen LogP contribution in [0, 0.1) is 6.92 Å². The van der Waals surface area contributed by atoms with E-state index in [1.54, 1.807) is 6.33 Å². The number of para-hydroxylation sites is 1. The number of carbonyl (C=O) groups is 1. The van der Waals surface area contributed by atoms with Gasteiger partial charge >= 0.3 is 0 Å². The summed E-state index contributed by atoms with van der Waals surface area (Å²) in [7, 11) is 0. The lowest BCUT2D eigenvalue weighted by Gasteiger charge is -2.34. The van der Waals surface area contributed by atoms with E-state index in [4.69, 9.17) is 0 Å². The van der Waals surface area contributed by atoms with Crippen LogP contribution in [-0.2, 0) is 11.3 Å². The minimum Gasteiger partial charge on any atom is -0.339 e. The second-order valence-electron chi connectivity index (χ2n) is 7.25. The van der Waals surface area contributed by atoms with Gasteiger partial charge in [0.25, 0.3) is 0 Å². The molecule has 0 bridgehead atoms. The zero-order valence-corrected chi connectivity index (χ0v) is 17.4. The molecule has 150 valence electrons. The highest BCUT2D eigenvalue weighted by Crippen LogP contribution is 2.20. The van der Waals surface area contributed by atoms with E-state index in [-0.39, 0.29) is 5.91 Å². The lowest BCUT2D eigenvalue weighted by atomic mass is 10.1. The quantitative estimate of drug-likeness (QED) is 0.588. The van der Waals surface area contributed by atoms with Gasteiger partial charge in [0.15, 0.2) is 5.16 Å². The summed E-state index contributed by atoms with van der Waals surface area (Å²) < 4.78 is 1.91. The van der Waals surface area contributed by atoms with Gasteiger partial charge in [0.1, 0.15) is 6.33 Å². The van der Waals surface area contributed by atoms with E-state index in [2.05, 4.69) is 46.3 Å². The molecule has 1 amide bonds. The lowest BCUT2D eigenvalue weighted by molar-refractivity contribution is -0.130. The third kappa shape index (κ3) is 5.05. The number of hydrogen-bond acceptors (Lipinski definition) is 5. The Morgan fingerprint density at radius 3 is 2.59 bits per heavy atom. The van der Waals surface area contributed by atoms with Crippen molar-refractivity contribution in [2.45, 2.75) is 18.6 Å². The number of carbonyl (C=O) groups excluding carboxylic acids is 1. The van der Waals surface area contributed by atoms with Gasteiger partial charge in [0.05, 0.1) is 5.75 Å². The lowest BCUT2D eigenvalue weighted by Crippen LogP contribution is -2.48. The molecule has 0 unspecified atom stereocenters. The Hall–Kier alpha value is -2.64. The minimum atomic E-state index is 0.160. The molecule has 6 nitrogen and oxygen atoms in total. The van der Waals surface area contributed by atoms with Gasteiger partial charge in [-0.25, -0.2) is 0 Å². The van der Waals surface area contributed by atoms with Crippen LogP contribution in [-0.4, -0.2) is 62.4 Å². The maximum absolute atomic E-state index is 12.7. The van der Waals surface area contributed by atoms with Gasteiger partial charge in [-0.3, -0.25) is 14.3 Å². The van der Waals surface area contributed by atoms with E-state index >= 15 is 0 Å². The molecule has 2 heterocycles. The first-order chi connectivity index (χ1) is 14.2. The normalized spacial score (nSPS) is 14.9. The highest BCUT2D eigenvalue weighted by Gasteiger charge is 2.22. The second-order valence-corrected chi connectivity index (χ2v) is 8.20. The molecule has 1 aromatic heterocycles. The van der Waals surface area contributed by atoms with Crippen molar-refractivity contribution in [1.29, 1.82) is 0 Å². The molecule has 29 heavy (non-hydrogen) atoms. The molecular weight excluding hydrogens is 382 g/mol. The number of aryl methyl sites for hydroxylation is 1. The van der Waals surface area contributed by atoms with E-state index in [0.717, 1.165) is 43.6 Å². The molecule has 1 saturated heterocycles. The summed E-state index contributed by atoms with van der Waals surface area (Å²) in [4.78, 5) is 17.1. The molecule has 7 heteroatoms. The Bertz CT molecular complexity index is 951. The molecule has 4 rings (SSSR count). The Labute approximate surface area is 175 Å². The Morgan fingerprint density at radius 1 is 1.03 bits per heavy atom. The van der Waals surface area contributed by atoms with E-state index < -0.39 is 0 Å². The fourth-order valence-electron chi connectivity index (χ4n) is 3.53. The number of benzene rings is 2. The molecule has 0 aliphatic carbocycles. The SMILES string of the molecule is Cc1cccc(CN2CCN(C(=O)CSc3nncn3-c3ccccc3)CC2)c1. The fourth-order valence-corrected chi connectivity index (χ4v) is 4.36. The van der Waals surface area contributed by atoms with Crippen molar-refractivity contribution in [3.63, 3.8) is 0 Å². The molecule has 0 saturated carbocycles. The maximum Gasteiger partial charge on any atom is 0.233 e. The molecule has 0 N–H and O–H groups in total. The Morgan fingerprint density at radius 2 is 1.83 bits per heavy atom. The zero-order valence-electron chi connectivity index (χ0n) is 16.6. The van der Waals surface area contributed by atoms with Crippen LogP contribution in [0.4, 0.5) is 0 Å². The van der Waals surface area contributed by atoms with Crippen LogP contribution < -0.4 is 0 Å². The van der Waals surface area contributed by atoms with E-state index in [9.17, 15) is 4.79 Å². The van der Waals surface area contributed by atoms with Crippen molar-refractivity contribution in [1.82, 2.24) is 24.6 Å². The van der Waals surface area contributed by atoms with Gasteiger partial charge in [-0.2, -0.15) is 0 Å². The summed E-state index contributed by atoms with van der Waals surface area (Å²) in [5.74, 6) is 0.538. The van der Waals surface area contributed by atoms with Gasteiger partial charge in [-0.15, -0.1) is 10.2 Å². The van der Waals surface area contributed by atoms with Crippen LogP contribution in [0.3, 0.4) is 0 Å². The average Bonchev–Trinajstić information content (AvgIpc) is 3.22. The minimum absolute atomic E-state index is 0.160. The molecule has 3 aromatic rings. The third-order valence-corrected chi connectivity index (χ3v) is 6.02. The number of aromatic nitrogens is 3.